The van der Waals surface area contributed by atoms with E-state index in [0.29, 0.717) is 4.47 Å². The Balaban J connectivity index is 0.000000810. The van der Waals surface area contributed by atoms with Crippen molar-refractivity contribution in [2.45, 2.75) is 0 Å². The minimum absolute atomic E-state index is 0. The smallest absolute Gasteiger partial charge is 0.161 e. The molecule has 0 bridgehead atoms. The first kappa shape index (κ1) is 10.1. The Morgan fingerprint density at radius 1 is 1.50 bits per heavy atom. The summed E-state index contributed by atoms with van der Waals surface area (Å²) in [4.78, 5) is 3.54. The van der Waals surface area contributed by atoms with Crippen molar-refractivity contribution in [2.75, 3.05) is 0 Å². The van der Waals surface area contributed by atoms with Crippen molar-refractivity contribution in [1.82, 2.24) is 4.98 Å². The predicted molar refractivity (Wildman–Crippen MR) is 44.2 cm³/mol. The Morgan fingerprint density at radius 2 is 2.10 bits per heavy atom. The van der Waals surface area contributed by atoms with Crippen molar-refractivity contribution >= 4 is 39.9 Å². The molecule has 0 aliphatic heterocycles. The standard InChI is InChI=1S/C5H2BrClFN.ClH/c6-3-1-9-2-4(8)5(3)7;/h1-2H;1H. The second-order valence-corrected chi connectivity index (χ2v) is 2.65. The zero-order valence-electron chi connectivity index (χ0n) is 4.64. The Bertz CT molecular complexity index is 211. The van der Waals surface area contributed by atoms with Crippen LogP contribution in [0.2, 0.25) is 5.02 Å². The van der Waals surface area contributed by atoms with Gasteiger partial charge < -0.3 is 0 Å². The van der Waals surface area contributed by atoms with Crippen LogP contribution in [-0.4, -0.2) is 4.98 Å². The van der Waals surface area contributed by atoms with E-state index in [-0.39, 0.29) is 17.4 Å². The van der Waals surface area contributed by atoms with E-state index < -0.39 is 5.82 Å². The molecule has 10 heavy (non-hydrogen) atoms. The van der Waals surface area contributed by atoms with Crippen LogP contribution >= 0.6 is 39.9 Å². The van der Waals surface area contributed by atoms with Crippen LogP contribution in [0.4, 0.5) is 4.39 Å². The summed E-state index contributed by atoms with van der Waals surface area (Å²) in [5, 5.41) is 0.0741. The first-order chi connectivity index (χ1) is 4.22. The molecule has 0 aromatic carbocycles. The molecule has 1 rings (SSSR count). The lowest BCUT2D eigenvalue weighted by atomic mass is 10.5. The van der Waals surface area contributed by atoms with Gasteiger partial charge in [0.1, 0.15) is 0 Å². The van der Waals surface area contributed by atoms with Gasteiger partial charge in [-0.05, 0) is 15.9 Å². The van der Waals surface area contributed by atoms with E-state index in [0.717, 1.165) is 6.20 Å². The summed E-state index contributed by atoms with van der Waals surface area (Å²) in [7, 11) is 0. The van der Waals surface area contributed by atoms with Gasteiger partial charge in [-0.3, -0.25) is 4.98 Å². The van der Waals surface area contributed by atoms with Crippen molar-refractivity contribution in [3.63, 3.8) is 0 Å². The minimum atomic E-state index is -0.508. The number of hydrogen-bond donors (Lipinski definition) is 0. The molecule has 0 aliphatic carbocycles. The number of aromatic nitrogens is 1. The van der Waals surface area contributed by atoms with Crippen LogP contribution in [-0.2, 0) is 0 Å². The fourth-order valence-corrected chi connectivity index (χ4v) is 0.801. The summed E-state index contributed by atoms with van der Waals surface area (Å²) in [5.41, 5.74) is 0. The van der Waals surface area contributed by atoms with Gasteiger partial charge >= 0.3 is 0 Å². The average Bonchev–Trinajstić information content (AvgIpc) is 1.83. The molecule has 1 aromatic rings. The zero-order valence-corrected chi connectivity index (χ0v) is 7.80. The number of hydrogen-bond acceptors (Lipinski definition) is 1. The second-order valence-electron chi connectivity index (χ2n) is 1.42. The Kier molecular flexibility index (Phi) is 4.17. The molecule has 0 saturated heterocycles. The monoisotopic (exact) mass is 245 g/mol. The molecule has 1 heterocycles. The van der Waals surface area contributed by atoms with Crippen LogP contribution in [0.3, 0.4) is 0 Å². The highest BCUT2D eigenvalue weighted by Gasteiger charge is 2.01. The van der Waals surface area contributed by atoms with Crippen LogP contribution in [0.5, 0.6) is 0 Å². The van der Waals surface area contributed by atoms with Crippen LogP contribution in [0.25, 0.3) is 0 Å². The molecular weight excluding hydrogens is 244 g/mol. The van der Waals surface area contributed by atoms with Gasteiger partial charge in [-0.1, -0.05) is 11.6 Å². The SMILES string of the molecule is Cl.Fc1cncc(Br)c1Cl. The fourth-order valence-electron chi connectivity index (χ4n) is 0.396. The first-order valence-corrected chi connectivity index (χ1v) is 3.33. The molecule has 0 aliphatic rings. The van der Waals surface area contributed by atoms with Gasteiger partial charge in [-0.15, -0.1) is 12.4 Å². The molecule has 0 fully saturated rings. The maximum absolute atomic E-state index is 12.4. The quantitative estimate of drug-likeness (QED) is 0.686. The minimum Gasteiger partial charge on any atom is -0.260 e. The summed E-state index contributed by atoms with van der Waals surface area (Å²) < 4.78 is 12.8. The van der Waals surface area contributed by atoms with Crippen molar-refractivity contribution in [2.24, 2.45) is 0 Å². The van der Waals surface area contributed by atoms with Crippen LogP contribution in [0.15, 0.2) is 16.9 Å². The van der Waals surface area contributed by atoms with Gasteiger partial charge in [0.15, 0.2) is 5.82 Å². The Hall–Kier alpha value is 0.140. The van der Waals surface area contributed by atoms with Crippen molar-refractivity contribution < 1.29 is 4.39 Å². The highest BCUT2D eigenvalue weighted by Crippen LogP contribution is 2.22. The maximum Gasteiger partial charge on any atom is 0.161 e. The summed E-state index contributed by atoms with van der Waals surface area (Å²) >= 11 is 8.43. The molecule has 1 nitrogen and oxygen atoms in total. The van der Waals surface area contributed by atoms with Gasteiger partial charge in [0.05, 0.1) is 15.7 Å². The summed E-state index contributed by atoms with van der Waals surface area (Å²) in [6.45, 7) is 0. The molecular formula is C5H3BrCl2FN. The van der Waals surface area contributed by atoms with Gasteiger partial charge in [-0.2, -0.15) is 0 Å². The van der Waals surface area contributed by atoms with E-state index in [1.54, 1.807) is 0 Å². The van der Waals surface area contributed by atoms with Gasteiger partial charge in [0.2, 0.25) is 0 Å². The van der Waals surface area contributed by atoms with Crippen LogP contribution in [0.1, 0.15) is 0 Å². The van der Waals surface area contributed by atoms with Crippen molar-refractivity contribution in [3.05, 3.63) is 27.7 Å². The molecule has 0 radical (unpaired) electrons. The van der Waals surface area contributed by atoms with Gasteiger partial charge in [0, 0.05) is 6.20 Å². The van der Waals surface area contributed by atoms with E-state index in [9.17, 15) is 4.39 Å². The lowest BCUT2D eigenvalue weighted by Gasteiger charge is -1.92. The largest absolute Gasteiger partial charge is 0.260 e. The zero-order chi connectivity index (χ0) is 6.85. The van der Waals surface area contributed by atoms with Gasteiger partial charge in [-0.25, -0.2) is 4.39 Å². The predicted octanol–water partition coefficient (Wildman–Crippen LogP) is 3.06. The molecule has 0 spiro atoms. The van der Waals surface area contributed by atoms with Crippen LogP contribution < -0.4 is 0 Å². The second kappa shape index (κ2) is 4.11. The third kappa shape index (κ3) is 2.08. The summed E-state index contributed by atoms with van der Waals surface area (Å²) in [6, 6.07) is 0. The van der Waals surface area contributed by atoms with E-state index in [1.165, 1.54) is 6.20 Å². The fraction of sp³-hybridized carbons (Fsp3) is 0. The molecule has 5 heteroatoms. The highest BCUT2D eigenvalue weighted by molar-refractivity contribution is 9.10. The topological polar surface area (TPSA) is 12.9 Å². The van der Waals surface area contributed by atoms with E-state index in [2.05, 4.69) is 20.9 Å². The van der Waals surface area contributed by atoms with Gasteiger partial charge in [0.25, 0.3) is 0 Å². The van der Waals surface area contributed by atoms with E-state index in [4.69, 9.17) is 11.6 Å². The van der Waals surface area contributed by atoms with E-state index in [1.807, 2.05) is 0 Å². The normalized spacial score (nSPS) is 8.70. The molecule has 0 unspecified atom stereocenters. The molecule has 0 atom stereocenters. The Morgan fingerprint density at radius 3 is 2.50 bits per heavy atom. The number of nitrogens with zero attached hydrogens (tertiary/aromatic N) is 1. The maximum atomic E-state index is 12.4. The number of rotatable bonds is 0. The molecule has 1 aromatic heterocycles. The van der Waals surface area contributed by atoms with Crippen molar-refractivity contribution in [3.8, 4) is 0 Å². The number of halogens is 4. The summed E-state index contributed by atoms with van der Waals surface area (Å²) in [5.74, 6) is -0.508. The average molecular weight is 247 g/mol. The molecule has 0 N–H and O–H groups in total. The third-order valence-corrected chi connectivity index (χ3v) is 2.01. The van der Waals surface area contributed by atoms with E-state index >= 15 is 0 Å². The lowest BCUT2D eigenvalue weighted by molar-refractivity contribution is 0.621. The van der Waals surface area contributed by atoms with Crippen molar-refractivity contribution in [1.29, 1.82) is 0 Å². The molecule has 0 saturated carbocycles. The van der Waals surface area contributed by atoms with Crippen LogP contribution in [0, 0.1) is 5.82 Å². The lowest BCUT2D eigenvalue weighted by Crippen LogP contribution is -1.79. The summed E-state index contributed by atoms with van der Waals surface area (Å²) in [6.07, 6.45) is 2.50. The molecule has 0 amide bonds. The third-order valence-electron chi connectivity index (χ3n) is 0.795. The number of pyridine rings is 1. The Labute approximate surface area is 77.1 Å². The first-order valence-electron chi connectivity index (χ1n) is 2.16. The molecule has 56 valence electrons. The highest BCUT2D eigenvalue weighted by atomic mass is 79.9.